The highest BCUT2D eigenvalue weighted by molar-refractivity contribution is 7.89. The van der Waals surface area contributed by atoms with Crippen molar-refractivity contribution in [1.29, 1.82) is 0 Å². The number of hydrogen-bond acceptors (Lipinski definition) is 5. The van der Waals surface area contributed by atoms with Gasteiger partial charge in [0.25, 0.3) is 0 Å². The van der Waals surface area contributed by atoms with E-state index in [1.807, 2.05) is 32.0 Å². The second-order valence-electron chi connectivity index (χ2n) is 6.63. The highest BCUT2D eigenvalue weighted by atomic mass is 32.2. The van der Waals surface area contributed by atoms with Crippen LogP contribution in [-0.2, 0) is 14.8 Å². The summed E-state index contributed by atoms with van der Waals surface area (Å²) in [7, 11) is -3.98. The molecule has 0 bridgehead atoms. The third-order valence-electron chi connectivity index (χ3n) is 4.02. The molecule has 2 rings (SSSR count). The van der Waals surface area contributed by atoms with E-state index in [4.69, 9.17) is 4.74 Å². The van der Waals surface area contributed by atoms with E-state index in [0.717, 1.165) is 41.1 Å². The van der Waals surface area contributed by atoms with Crippen molar-refractivity contribution in [2.75, 3.05) is 19.7 Å². The second-order valence-corrected chi connectivity index (χ2v) is 8.40. The fourth-order valence-corrected chi connectivity index (χ4v) is 3.64. The molecule has 0 saturated carbocycles. The smallest absolute Gasteiger partial charge is 0.491 e. The number of nitrogens with one attached hydrogen (secondary N) is 2. The Morgan fingerprint density at radius 1 is 1.03 bits per heavy atom. The van der Waals surface area contributed by atoms with Crippen LogP contribution in [0.2, 0.25) is 0 Å². The third-order valence-corrected chi connectivity index (χ3v) is 5.50. The van der Waals surface area contributed by atoms with Crippen molar-refractivity contribution in [3.8, 4) is 11.5 Å². The Morgan fingerprint density at radius 3 is 2.32 bits per heavy atom. The number of ether oxygens (including phenoxy) is 2. The number of aryl methyl sites for hydroxylation is 2. The molecule has 2 N–H and O–H groups in total. The molecule has 0 aliphatic rings. The molecule has 2 aromatic carbocycles. The van der Waals surface area contributed by atoms with Gasteiger partial charge in [-0.2, -0.15) is 0 Å². The molecular weight excluding hydrogens is 437 g/mol. The molecule has 0 saturated heterocycles. The minimum absolute atomic E-state index is 0.113. The Hall–Kier alpha value is -2.79. The Morgan fingerprint density at radius 2 is 1.71 bits per heavy atom. The summed E-state index contributed by atoms with van der Waals surface area (Å²) in [5.41, 5.74) is 2.10. The van der Waals surface area contributed by atoms with Gasteiger partial charge in [0.1, 0.15) is 18.1 Å². The average Bonchev–Trinajstić information content (AvgIpc) is 2.65. The largest absolute Gasteiger partial charge is 0.573 e. The van der Waals surface area contributed by atoms with Crippen LogP contribution >= 0.6 is 0 Å². The first-order valence-corrected chi connectivity index (χ1v) is 10.8. The maximum Gasteiger partial charge on any atom is 0.573 e. The summed E-state index contributed by atoms with van der Waals surface area (Å²) in [6.45, 7) is 4.23. The molecule has 31 heavy (non-hydrogen) atoms. The van der Waals surface area contributed by atoms with Gasteiger partial charge in [-0.1, -0.05) is 17.7 Å². The molecule has 170 valence electrons. The van der Waals surface area contributed by atoms with E-state index < -0.39 is 22.1 Å². The van der Waals surface area contributed by atoms with E-state index >= 15 is 0 Å². The Balaban J connectivity index is 1.72. The Bertz CT molecular complexity index is 993. The van der Waals surface area contributed by atoms with Crippen molar-refractivity contribution in [3.05, 3.63) is 53.6 Å². The number of amides is 1. The van der Waals surface area contributed by atoms with Crippen LogP contribution in [0, 0.1) is 13.8 Å². The van der Waals surface area contributed by atoms with Crippen molar-refractivity contribution < 1.29 is 35.9 Å². The van der Waals surface area contributed by atoms with Gasteiger partial charge in [-0.05, 0) is 49.7 Å². The zero-order valence-electron chi connectivity index (χ0n) is 17.0. The van der Waals surface area contributed by atoms with Gasteiger partial charge in [0.2, 0.25) is 15.9 Å². The molecule has 0 spiro atoms. The Kier molecular flexibility index (Phi) is 8.28. The van der Waals surface area contributed by atoms with Crippen LogP contribution in [-0.4, -0.2) is 40.4 Å². The molecule has 2 aromatic rings. The number of carbonyl (C=O) groups excluding carboxylic acids is 1. The van der Waals surface area contributed by atoms with Gasteiger partial charge in [0.15, 0.2) is 0 Å². The van der Waals surface area contributed by atoms with Gasteiger partial charge >= 0.3 is 6.36 Å². The molecule has 11 heteroatoms. The predicted octanol–water partition coefficient (Wildman–Crippen LogP) is 3.07. The van der Waals surface area contributed by atoms with Crippen LogP contribution in [0.4, 0.5) is 13.2 Å². The number of alkyl halides is 3. The molecule has 0 unspecified atom stereocenters. The highest BCUT2D eigenvalue weighted by Gasteiger charge is 2.31. The van der Waals surface area contributed by atoms with Crippen LogP contribution < -0.4 is 19.5 Å². The monoisotopic (exact) mass is 460 g/mol. The summed E-state index contributed by atoms with van der Waals surface area (Å²) < 4.78 is 72.3. The van der Waals surface area contributed by atoms with Crippen LogP contribution in [0.3, 0.4) is 0 Å². The quantitative estimate of drug-likeness (QED) is 0.532. The molecule has 0 radical (unpaired) electrons. The topological polar surface area (TPSA) is 93.7 Å². The van der Waals surface area contributed by atoms with Gasteiger partial charge in [-0.25, -0.2) is 13.1 Å². The molecule has 0 fully saturated rings. The van der Waals surface area contributed by atoms with Crippen molar-refractivity contribution in [3.63, 3.8) is 0 Å². The fourth-order valence-electron chi connectivity index (χ4n) is 2.60. The van der Waals surface area contributed by atoms with Crippen molar-refractivity contribution in [1.82, 2.24) is 10.0 Å². The summed E-state index contributed by atoms with van der Waals surface area (Å²) in [5, 5.41) is 2.62. The van der Waals surface area contributed by atoms with Crippen LogP contribution in [0.5, 0.6) is 11.5 Å². The second kappa shape index (κ2) is 10.5. The summed E-state index contributed by atoms with van der Waals surface area (Å²) >= 11 is 0. The zero-order valence-corrected chi connectivity index (χ0v) is 17.8. The molecule has 0 aliphatic carbocycles. The molecule has 7 nitrogen and oxygen atoms in total. The van der Waals surface area contributed by atoms with E-state index in [1.165, 1.54) is 0 Å². The lowest BCUT2D eigenvalue weighted by atomic mass is 10.1. The van der Waals surface area contributed by atoms with Gasteiger partial charge in [-0.15, -0.1) is 13.2 Å². The SMILES string of the molecule is Cc1ccc(OCCNC(=O)CCNS(=O)(=O)c2ccc(OC(F)(F)F)cc2)c(C)c1. The molecular formula is C20H23F3N2O5S. The molecule has 0 aromatic heterocycles. The van der Waals surface area contributed by atoms with Crippen molar-refractivity contribution in [2.45, 2.75) is 31.5 Å². The summed E-state index contributed by atoms with van der Waals surface area (Å²) in [4.78, 5) is 11.6. The minimum atomic E-state index is -4.87. The zero-order chi connectivity index (χ0) is 23.1. The first kappa shape index (κ1) is 24.5. The van der Waals surface area contributed by atoms with Crippen molar-refractivity contribution in [2.24, 2.45) is 0 Å². The lowest BCUT2D eigenvalue weighted by molar-refractivity contribution is -0.274. The normalized spacial score (nSPS) is 11.8. The summed E-state index contributed by atoms with van der Waals surface area (Å²) in [5.74, 6) is -0.186. The van der Waals surface area contributed by atoms with Crippen LogP contribution in [0.1, 0.15) is 17.5 Å². The van der Waals surface area contributed by atoms with E-state index in [2.05, 4.69) is 14.8 Å². The maximum atomic E-state index is 12.2. The highest BCUT2D eigenvalue weighted by Crippen LogP contribution is 2.23. The summed E-state index contributed by atoms with van der Waals surface area (Å²) in [6.07, 6.45) is -4.98. The van der Waals surface area contributed by atoms with E-state index in [9.17, 15) is 26.4 Å². The molecule has 0 atom stereocenters. The number of hydrogen-bond donors (Lipinski definition) is 2. The van der Waals surface area contributed by atoms with Gasteiger partial charge < -0.3 is 14.8 Å². The number of sulfonamides is 1. The molecule has 0 heterocycles. The average molecular weight is 460 g/mol. The maximum absolute atomic E-state index is 12.2. The minimum Gasteiger partial charge on any atom is -0.491 e. The van der Waals surface area contributed by atoms with Crippen LogP contribution in [0.25, 0.3) is 0 Å². The van der Waals surface area contributed by atoms with Gasteiger partial charge in [0.05, 0.1) is 11.4 Å². The lowest BCUT2D eigenvalue weighted by Crippen LogP contribution is -2.32. The molecule has 0 aliphatic heterocycles. The number of halogens is 3. The van der Waals surface area contributed by atoms with Gasteiger partial charge in [0, 0.05) is 13.0 Å². The summed E-state index contributed by atoms with van der Waals surface area (Å²) in [6, 6.07) is 9.50. The fraction of sp³-hybridized carbons (Fsp3) is 0.350. The number of rotatable bonds is 10. The Labute approximate surface area is 178 Å². The first-order chi connectivity index (χ1) is 14.5. The van der Waals surface area contributed by atoms with Crippen LogP contribution in [0.15, 0.2) is 47.4 Å². The van der Waals surface area contributed by atoms with E-state index in [0.29, 0.717) is 0 Å². The van der Waals surface area contributed by atoms with Crippen molar-refractivity contribution >= 4 is 15.9 Å². The molecule has 1 amide bonds. The number of carbonyl (C=O) groups is 1. The lowest BCUT2D eigenvalue weighted by Gasteiger charge is -2.11. The predicted molar refractivity (Wildman–Crippen MR) is 107 cm³/mol. The van der Waals surface area contributed by atoms with E-state index in [1.54, 1.807) is 0 Å². The number of benzene rings is 2. The van der Waals surface area contributed by atoms with Gasteiger partial charge in [-0.3, -0.25) is 4.79 Å². The van der Waals surface area contributed by atoms with E-state index in [-0.39, 0.29) is 36.9 Å². The standard InChI is InChI=1S/C20H23F3N2O5S/c1-14-3-8-18(15(2)13-14)29-12-11-24-19(26)9-10-25-31(27,28)17-6-4-16(5-7-17)30-20(21,22)23/h3-8,13,25H,9-12H2,1-2H3,(H,24,26). The first-order valence-electron chi connectivity index (χ1n) is 9.28. The third kappa shape index (κ3) is 8.46.